The highest BCUT2D eigenvalue weighted by Gasteiger charge is 2.43. The summed E-state index contributed by atoms with van der Waals surface area (Å²) in [5.74, 6) is -1.95. The van der Waals surface area contributed by atoms with Crippen LogP contribution in [0, 0.1) is 0 Å². The molecule has 156 valence electrons. The molecule has 2 aromatic rings. The number of rotatable bonds is 6. The number of hydrogen-bond donors (Lipinski definition) is 3. The van der Waals surface area contributed by atoms with Gasteiger partial charge in [-0.3, -0.25) is 19.2 Å². The molecule has 1 saturated heterocycles. The van der Waals surface area contributed by atoms with E-state index in [1.54, 1.807) is 23.5 Å². The second kappa shape index (κ2) is 8.49. The molecular formula is C20H19N3O5S2. The number of amides is 3. The first-order valence-corrected chi connectivity index (χ1v) is 11.3. The van der Waals surface area contributed by atoms with Crippen molar-refractivity contribution in [3.63, 3.8) is 0 Å². The molecule has 2 aliphatic heterocycles. The van der Waals surface area contributed by atoms with Crippen molar-refractivity contribution in [1.82, 2.24) is 10.2 Å². The number of carbonyl (C=O) groups is 4. The molecule has 2 aliphatic rings. The van der Waals surface area contributed by atoms with Crippen molar-refractivity contribution in [2.24, 2.45) is 0 Å². The van der Waals surface area contributed by atoms with Crippen LogP contribution < -0.4 is 10.6 Å². The maximum atomic E-state index is 13.2. The van der Waals surface area contributed by atoms with Gasteiger partial charge >= 0.3 is 5.97 Å². The van der Waals surface area contributed by atoms with Gasteiger partial charge in [0.25, 0.3) is 5.91 Å². The van der Waals surface area contributed by atoms with Gasteiger partial charge in [0.1, 0.15) is 6.04 Å². The van der Waals surface area contributed by atoms with Crippen LogP contribution in [-0.2, 0) is 14.4 Å². The van der Waals surface area contributed by atoms with E-state index in [-0.39, 0.29) is 41.8 Å². The predicted molar refractivity (Wildman–Crippen MR) is 115 cm³/mol. The fraction of sp³-hybridized carbons (Fsp3) is 0.300. The number of hydrogen-bond acceptors (Lipinski definition) is 6. The molecule has 3 heterocycles. The van der Waals surface area contributed by atoms with E-state index in [0.29, 0.717) is 17.7 Å². The van der Waals surface area contributed by atoms with Gasteiger partial charge in [-0.15, -0.1) is 23.1 Å². The monoisotopic (exact) mass is 445 g/mol. The normalized spacial score (nSPS) is 20.2. The third-order valence-corrected chi connectivity index (χ3v) is 6.84. The van der Waals surface area contributed by atoms with Crippen molar-refractivity contribution in [2.75, 3.05) is 23.4 Å². The molecule has 30 heavy (non-hydrogen) atoms. The zero-order valence-electron chi connectivity index (χ0n) is 15.8. The highest BCUT2D eigenvalue weighted by Crippen LogP contribution is 2.33. The standard InChI is InChI=1S/C20H19N3O5S2/c24-17(9-29-10-18(25)26)21-12-7-15-19(27)22-14-4-3-11(16-2-1-5-30-16)6-13(14)20(28)23(15)8-12/h1-6,12,15H,7-10H2,(H,21,24)(H,22,27)(H,25,26)/t12-,15-/m0/s1. The molecule has 8 nitrogen and oxygen atoms in total. The van der Waals surface area contributed by atoms with E-state index in [4.69, 9.17) is 5.11 Å². The molecule has 3 N–H and O–H groups in total. The second-order valence-corrected chi connectivity index (χ2v) is 9.02. The molecule has 0 spiro atoms. The van der Waals surface area contributed by atoms with Gasteiger partial charge in [0.15, 0.2) is 0 Å². The summed E-state index contributed by atoms with van der Waals surface area (Å²) in [5.41, 5.74) is 1.83. The molecule has 0 bridgehead atoms. The van der Waals surface area contributed by atoms with Crippen LogP contribution in [0.25, 0.3) is 10.4 Å². The van der Waals surface area contributed by atoms with Crippen LogP contribution in [0.3, 0.4) is 0 Å². The largest absolute Gasteiger partial charge is 0.481 e. The maximum Gasteiger partial charge on any atom is 0.313 e. The number of thioether (sulfide) groups is 1. The third kappa shape index (κ3) is 4.19. The van der Waals surface area contributed by atoms with E-state index in [2.05, 4.69) is 10.6 Å². The number of benzene rings is 1. The average Bonchev–Trinajstić information content (AvgIpc) is 3.36. The van der Waals surface area contributed by atoms with Crippen molar-refractivity contribution in [2.45, 2.75) is 18.5 Å². The minimum Gasteiger partial charge on any atom is -0.481 e. The number of carboxylic acid groups (broad SMARTS) is 1. The summed E-state index contributed by atoms with van der Waals surface area (Å²) in [4.78, 5) is 51.1. The summed E-state index contributed by atoms with van der Waals surface area (Å²) in [7, 11) is 0. The number of aliphatic carboxylic acids is 1. The molecule has 0 unspecified atom stereocenters. The molecule has 0 saturated carbocycles. The molecule has 4 rings (SSSR count). The van der Waals surface area contributed by atoms with Crippen molar-refractivity contribution in [3.8, 4) is 10.4 Å². The Balaban J connectivity index is 1.49. The van der Waals surface area contributed by atoms with E-state index in [1.165, 1.54) is 4.90 Å². The lowest BCUT2D eigenvalue weighted by atomic mass is 10.1. The predicted octanol–water partition coefficient (Wildman–Crippen LogP) is 1.88. The smallest absolute Gasteiger partial charge is 0.313 e. The van der Waals surface area contributed by atoms with E-state index < -0.39 is 12.0 Å². The van der Waals surface area contributed by atoms with Crippen LogP contribution in [0.1, 0.15) is 16.8 Å². The van der Waals surface area contributed by atoms with E-state index in [0.717, 1.165) is 22.2 Å². The number of carboxylic acids is 1. The Kier molecular flexibility index (Phi) is 5.78. The van der Waals surface area contributed by atoms with Gasteiger partial charge in [0, 0.05) is 17.5 Å². The maximum absolute atomic E-state index is 13.2. The lowest BCUT2D eigenvalue weighted by molar-refractivity contribution is -0.133. The van der Waals surface area contributed by atoms with Crippen LogP contribution >= 0.6 is 23.1 Å². The molecule has 3 amide bonds. The molecule has 2 atom stereocenters. The summed E-state index contributed by atoms with van der Waals surface area (Å²) in [5, 5.41) is 16.3. The Morgan fingerprint density at radius 1 is 1.27 bits per heavy atom. The highest BCUT2D eigenvalue weighted by molar-refractivity contribution is 8.00. The van der Waals surface area contributed by atoms with Gasteiger partial charge in [-0.05, 0) is 35.6 Å². The van der Waals surface area contributed by atoms with Crippen molar-refractivity contribution in [1.29, 1.82) is 0 Å². The number of fused-ring (bicyclic) bond motifs is 2. The minimum atomic E-state index is -0.982. The summed E-state index contributed by atoms with van der Waals surface area (Å²) < 4.78 is 0. The second-order valence-electron chi connectivity index (χ2n) is 7.09. The summed E-state index contributed by atoms with van der Waals surface area (Å²) in [6, 6.07) is 8.32. The van der Waals surface area contributed by atoms with Crippen LogP contribution in [0.4, 0.5) is 5.69 Å². The van der Waals surface area contributed by atoms with E-state index in [9.17, 15) is 19.2 Å². The Morgan fingerprint density at radius 2 is 2.10 bits per heavy atom. The van der Waals surface area contributed by atoms with Crippen LogP contribution in [0.15, 0.2) is 35.7 Å². The SMILES string of the molecule is O=C(O)CSCC(=O)N[C@H]1C[C@H]2C(=O)Nc3ccc(-c4cccs4)cc3C(=O)N2C1. The van der Waals surface area contributed by atoms with Gasteiger partial charge in [-0.1, -0.05) is 12.1 Å². The Hall–Kier alpha value is -2.85. The average molecular weight is 446 g/mol. The molecular weight excluding hydrogens is 426 g/mol. The molecule has 1 aromatic carbocycles. The molecule has 0 radical (unpaired) electrons. The van der Waals surface area contributed by atoms with Crippen molar-refractivity contribution < 1.29 is 24.3 Å². The molecule has 10 heteroatoms. The van der Waals surface area contributed by atoms with Crippen LogP contribution in [-0.4, -0.2) is 63.8 Å². The van der Waals surface area contributed by atoms with Crippen LogP contribution in [0.5, 0.6) is 0 Å². The lowest BCUT2D eigenvalue weighted by Crippen LogP contribution is -2.41. The zero-order valence-corrected chi connectivity index (χ0v) is 17.4. The number of anilines is 1. The zero-order chi connectivity index (χ0) is 21.3. The molecule has 0 aliphatic carbocycles. The minimum absolute atomic E-state index is 0.0145. The molecule has 1 fully saturated rings. The Morgan fingerprint density at radius 3 is 2.83 bits per heavy atom. The topological polar surface area (TPSA) is 116 Å². The van der Waals surface area contributed by atoms with Gasteiger partial charge < -0.3 is 20.6 Å². The summed E-state index contributed by atoms with van der Waals surface area (Å²) >= 11 is 2.57. The fourth-order valence-electron chi connectivity index (χ4n) is 3.71. The summed E-state index contributed by atoms with van der Waals surface area (Å²) in [6.07, 6.45) is 0.318. The Bertz CT molecular complexity index is 1010. The first-order valence-electron chi connectivity index (χ1n) is 9.31. The number of nitrogens with zero attached hydrogens (tertiary/aromatic N) is 1. The van der Waals surface area contributed by atoms with E-state index in [1.807, 2.05) is 23.6 Å². The third-order valence-electron chi connectivity index (χ3n) is 5.00. The van der Waals surface area contributed by atoms with Crippen LogP contribution in [0.2, 0.25) is 0 Å². The van der Waals surface area contributed by atoms with Gasteiger partial charge in [0.2, 0.25) is 11.8 Å². The Labute approximate surface area is 180 Å². The number of thiophene rings is 1. The van der Waals surface area contributed by atoms with Gasteiger partial charge in [0.05, 0.1) is 22.8 Å². The van der Waals surface area contributed by atoms with Gasteiger partial charge in [-0.2, -0.15) is 0 Å². The van der Waals surface area contributed by atoms with Crippen molar-refractivity contribution in [3.05, 3.63) is 41.3 Å². The van der Waals surface area contributed by atoms with Gasteiger partial charge in [-0.25, -0.2) is 0 Å². The fourth-order valence-corrected chi connectivity index (χ4v) is 4.98. The molecule has 1 aromatic heterocycles. The first kappa shape index (κ1) is 20.4. The lowest BCUT2D eigenvalue weighted by Gasteiger charge is -2.20. The highest BCUT2D eigenvalue weighted by atomic mass is 32.2. The van der Waals surface area contributed by atoms with E-state index >= 15 is 0 Å². The number of nitrogens with one attached hydrogen (secondary N) is 2. The quantitative estimate of drug-likeness (QED) is 0.625. The van der Waals surface area contributed by atoms with Crippen molar-refractivity contribution >= 4 is 52.5 Å². The number of carbonyl (C=O) groups excluding carboxylic acids is 3. The summed E-state index contributed by atoms with van der Waals surface area (Å²) in [6.45, 7) is 0.231. The first-order chi connectivity index (χ1) is 14.4.